The van der Waals surface area contributed by atoms with E-state index in [9.17, 15) is 0 Å². The zero-order valence-corrected chi connectivity index (χ0v) is 53.5. The zero-order chi connectivity index (χ0) is 56.2. The summed E-state index contributed by atoms with van der Waals surface area (Å²) in [5.74, 6) is 0. The molecule has 9 heteroatoms. The lowest BCUT2D eigenvalue weighted by atomic mass is 10.1. The van der Waals surface area contributed by atoms with Gasteiger partial charge >= 0.3 is 0 Å². The van der Waals surface area contributed by atoms with Gasteiger partial charge in [-0.2, -0.15) is 0 Å². The van der Waals surface area contributed by atoms with Gasteiger partial charge in [-0.15, -0.1) is 0 Å². The van der Waals surface area contributed by atoms with Crippen molar-refractivity contribution < 1.29 is 42.6 Å². The second kappa shape index (κ2) is 119. The van der Waals surface area contributed by atoms with Gasteiger partial charge in [0.2, 0.25) is 0 Å². The summed E-state index contributed by atoms with van der Waals surface area (Å²) in [4.78, 5) is 0. The Kier molecular flexibility index (Phi) is 151. The molecular formula is C63H144O9. The first kappa shape index (κ1) is 91.1. The number of hydrogen-bond donors (Lipinski definition) is 0. The molecule has 0 saturated carbocycles. The first-order valence-electron chi connectivity index (χ1n) is 30.6. The topological polar surface area (TPSA) is 83.1 Å². The molecule has 0 aromatic heterocycles. The highest BCUT2D eigenvalue weighted by atomic mass is 16.5. The third kappa shape index (κ3) is 165. The number of rotatable bonds is 45. The average Bonchev–Trinajstić information content (AvgIpc) is 3.40. The maximum absolute atomic E-state index is 4.99. The molecule has 0 spiro atoms. The van der Waals surface area contributed by atoms with Gasteiger partial charge in [0.15, 0.2) is 0 Å². The first-order valence-corrected chi connectivity index (χ1v) is 30.6. The molecule has 0 amide bonds. The Hall–Kier alpha value is -0.360. The number of hydrogen-bond acceptors (Lipinski definition) is 9. The molecule has 0 unspecified atom stereocenters. The van der Waals surface area contributed by atoms with E-state index in [1.165, 1.54) is 225 Å². The average molecular weight is 1050 g/mol. The molecule has 0 heterocycles. The molecule has 0 fully saturated rings. The van der Waals surface area contributed by atoms with Gasteiger partial charge < -0.3 is 42.6 Å². The molecule has 0 saturated heterocycles. The molecule has 0 rings (SSSR count). The molecule has 72 heavy (non-hydrogen) atoms. The third-order valence-corrected chi connectivity index (χ3v) is 10.9. The van der Waals surface area contributed by atoms with Crippen LogP contribution >= 0.6 is 0 Å². The predicted octanol–water partition coefficient (Wildman–Crippen LogP) is 19.9. The van der Waals surface area contributed by atoms with Crippen molar-refractivity contribution in [3.05, 3.63) is 0 Å². The van der Waals surface area contributed by atoms with E-state index in [0.717, 1.165) is 65.9 Å². The Morgan fingerprint density at radius 3 is 0.417 bits per heavy atom. The molecule has 0 radical (unpaired) electrons. The second-order valence-corrected chi connectivity index (χ2v) is 18.4. The van der Waals surface area contributed by atoms with Gasteiger partial charge in [-0.3, -0.25) is 0 Å². The smallest absolute Gasteiger partial charge is 0.0462 e. The highest BCUT2D eigenvalue weighted by molar-refractivity contribution is 4.46. The summed E-state index contributed by atoms with van der Waals surface area (Å²) in [5.41, 5.74) is 0. The van der Waals surface area contributed by atoms with Crippen LogP contribution in [0.5, 0.6) is 0 Å². The van der Waals surface area contributed by atoms with Gasteiger partial charge in [0.25, 0.3) is 0 Å². The predicted molar refractivity (Wildman–Crippen MR) is 324 cm³/mol. The van der Waals surface area contributed by atoms with Crippen molar-refractivity contribution in [2.24, 2.45) is 0 Å². The number of unbranched alkanes of at least 4 members (excludes halogenated alkanes) is 28. The lowest BCUT2D eigenvalue weighted by molar-refractivity contribution is 0.192. The number of ether oxygens (including phenoxy) is 9. The highest BCUT2D eigenvalue weighted by Crippen LogP contribution is 2.09. The van der Waals surface area contributed by atoms with E-state index in [0.29, 0.717) is 0 Å². The summed E-state index contributed by atoms with van der Waals surface area (Å²) < 4.78 is 43.6. The van der Waals surface area contributed by atoms with Crippen LogP contribution in [0, 0.1) is 0 Å². The Balaban J connectivity index is -0.0000000901. The van der Waals surface area contributed by atoms with Gasteiger partial charge in [0.05, 0.1) is 0 Å². The molecule has 9 nitrogen and oxygen atoms in total. The lowest BCUT2D eigenvalue weighted by Crippen LogP contribution is -1.88. The third-order valence-electron chi connectivity index (χ3n) is 10.9. The zero-order valence-electron chi connectivity index (χ0n) is 53.5. The molecule has 0 N–H and O–H groups in total. The maximum Gasteiger partial charge on any atom is 0.0462 e. The van der Waals surface area contributed by atoms with Gasteiger partial charge in [-0.25, -0.2) is 0 Å². The van der Waals surface area contributed by atoms with Gasteiger partial charge in [-0.1, -0.05) is 235 Å². The van der Waals surface area contributed by atoms with Gasteiger partial charge in [0.1, 0.15) is 0 Å². The van der Waals surface area contributed by atoms with Gasteiger partial charge in [-0.05, 0) is 58.3 Å². The van der Waals surface area contributed by atoms with E-state index in [1.807, 2.05) is 6.92 Å². The van der Waals surface area contributed by atoms with Crippen molar-refractivity contribution >= 4 is 0 Å². The molecule has 0 atom stereocenters. The normalized spacial score (nSPS) is 9.75. The summed E-state index contributed by atoms with van der Waals surface area (Å²) in [6.07, 6.45) is 47.9. The van der Waals surface area contributed by atoms with Crippen LogP contribution in [-0.4, -0.2) is 123 Å². The Morgan fingerprint density at radius 1 is 0.139 bits per heavy atom. The molecule has 0 aromatic rings. The van der Waals surface area contributed by atoms with Crippen molar-refractivity contribution in [2.45, 2.75) is 293 Å². The molecule has 0 aromatic carbocycles. The van der Waals surface area contributed by atoms with Crippen molar-refractivity contribution in [3.8, 4) is 0 Å². The Morgan fingerprint density at radius 2 is 0.278 bits per heavy atom. The van der Waals surface area contributed by atoms with E-state index in [1.54, 1.807) is 64.0 Å². The summed E-state index contributed by atoms with van der Waals surface area (Å²) in [7, 11) is 15.7. The van der Waals surface area contributed by atoms with Crippen LogP contribution in [0.2, 0.25) is 0 Å². The van der Waals surface area contributed by atoms with E-state index >= 15 is 0 Å². The second-order valence-electron chi connectivity index (χ2n) is 18.4. The molecule has 0 bridgehead atoms. The van der Waals surface area contributed by atoms with Crippen molar-refractivity contribution in [2.75, 3.05) is 123 Å². The number of methoxy groups -OCH3 is 9. The van der Waals surface area contributed by atoms with E-state index in [4.69, 9.17) is 37.9 Å². The van der Waals surface area contributed by atoms with Crippen LogP contribution in [-0.2, 0) is 42.6 Å². The quantitative estimate of drug-likeness (QED) is 0.0554. The summed E-state index contributed by atoms with van der Waals surface area (Å²) >= 11 is 0. The fourth-order valence-electron chi connectivity index (χ4n) is 6.12. The van der Waals surface area contributed by atoms with Crippen LogP contribution in [0.4, 0.5) is 0 Å². The minimum Gasteiger partial charge on any atom is -0.385 e. The summed E-state index contributed by atoms with van der Waals surface area (Å²) in [6, 6.07) is 0. The largest absolute Gasteiger partial charge is 0.385 e. The molecule has 0 aliphatic heterocycles. The summed E-state index contributed by atoms with van der Waals surface area (Å²) in [5, 5.41) is 0. The monoisotopic (exact) mass is 1050 g/mol. The molecular weight excluding hydrogens is 901 g/mol. The molecule has 0 aliphatic carbocycles. The summed E-state index contributed by atoms with van der Waals surface area (Å²) in [6.45, 7) is 27.8. The van der Waals surface area contributed by atoms with Crippen LogP contribution in [0.1, 0.15) is 293 Å². The lowest BCUT2D eigenvalue weighted by Gasteiger charge is -2.00. The Labute approximate surface area is 457 Å². The van der Waals surface area contributed by atoms with E-state index < -0.39 is 0 Å². The SMILES string of the molecule is CCCCCCCCCCOC.CCCCCCCCCOC.CCCCCCCCOC.CCCCCCCOC.CCCCCCOC.CCCCCOC.CCCCOC.CCCOC.CCOC. The highest BCUT2D eigenvalue weighted by Gasteiger charge is 1.92. The van der Waals surface area contributed by atoms with Crippen molar-refractivity contribution in [3.63, 3.8) is 0 Å². The molecule has 0 aliphatic rings. The Bertz CT molecular complexity index is 611. The van der Waals surface area contributed by atoms with Crippen molar-refractivity contribution in [1.82, 2.24) is 0 Å². The minimum atomic E-state index is 0.819. The standard InChI is InChI=1S/C11H24O.C10H22O.C9H20O.C8H18O.C7H16O.C6H14O.C5H12O.C4H10O.C3H8O/c1-3-4-5-6-7-8-9-10-11-12-2;1-3-4-5-6-7-8-9-10-11-2;1-3-4-5-6-7-8-9-10-2;1-3-4-5-6-7-8-9-2;1-3-4-5-6-7-8-2;1-3-4-5-6-7-2;1-3-4-5-6-2;1-3-4-5-2;1-3-4-2/h3-11H2,1-2H3;3-10H2,1-2H3;3-9H2,1-2H3;3-8H2,1-2H3;3-7H2,1-2H3;3-6H2,1-2H3;3-5H2,1-2H3;3-4H2,1-2H3;3H2,1-2H3. The van der Waals surface area contributed by atoms with Crippen LogP contribution in [0.25, 0.3) is 0 Å². The van der Waals surface area contributed by atoms with Crippen LogP contribution in [0.3, 0.4) is 0 Å². The van der Waals surface area contributed by atoms with Crippen LogP contribution < -0.4 is 0 Å². The first-order chi connectivity index (χ1) is 35.2. The van der Waals surface area contributed by atoms with Crippen LogP contribution in [0.15, 0.2) is 0 Å². The fourth-order valence-corrected chi connectivity index (χ4v) is 6.12. The molecule has 450 valence electrons. The minimum absolute atomic E-state index is 0.819. The van der Waals surface area contributed by atoms with E-state index in [-0.39, 0.29) is 0 Å². The van der Waals surface area contributed by atoms with Gasteiger partial charge in [0, 0.05) is 123 Å². The van der Waals surface area contributed by atoms with Crippen molar-refractivity contribution in [1.29, 1.82) is 0 Å². The maximum atomic E-state index is 4.99. The van der Waals surface area contributed by atoms with E-state index in [2.05, 4.69) is 60.1 Å². The fraction of sp³-hybridized carbons (Fsp3) is 1.00.